The van der Waals surface area contributed by atoms with Crippen LogP contribution in [0.2, 0.25) is 5.02 Å². The first kappa shape index (κ1) is 16.5. The van der Waals surface area contributed by atoms with Crippen LogP contribution in [-0.2, 0) is 4.74 Å². The number of hydrogen-bond acceptors (Lipinski definition) is 5. The second kappa shape index (κ2) is 6.94. The van der Waals surface area contributed by atoms with E-state index in [0.29, 0.717) is 28.3 Å². The first-order valence-electron chi connectivity index (χ1n) is 7.12. The number of fused-ring (bicyclic) bond motifs is 1. The Hall–Kier alpha value is -1.85. The minimum atomic E-state index is -0.549. The van der Waals surface area contributed by atoms with Crippen LogP contribution < -0.4 is 5.32 Å². The van der Waals surface area contributed by atoms with Crippen molar-refractivity contribution in [1.82, 2.24) is 4.98 Å². The van der Waals surface area contributed by atoms with Crippen LogP contribution in [0.25, 0.3) is 10.9 Å². The summed E-state index contributed by atoms with van der Waals surface area (Å²) >= 11 is 6.13. The molecule has 5 nitrogen and oxygen atoms in total. The smallest absolute Gasteiger partial charge is 0.341 e. The van der Waals surface area contributed by atoms with Crippen LogP contribution in [0.15, 0.2) is 18.3 Å². The first-order valence-corrected chi connectivity index (χ1v) is 7.50. The number of pyridine rings is 1. The van der Waals surface area contributed by atoms with Crippen LogP contribution in [0.4, 0.5) is 5.69 Å². The highest BCUT2D eigenvalue weighted by atomic mass is 35.5. The topological polar surface area (TPSA) is 71.5 Å². The molecule has 1 aromatic carbocycles. The third-order valence-corrected chi connectivity index (χ3v) is 3.71. The van der Waals surface area contributed by atoms with Gasteiger partial charge < -0.3 is 15.2 Å². The molecule has 2 rings (SSSR count). The van der Waals surface area contributed by atoms with Crippen LogP contribution in [0.1, 0.15) is 29.8 Å². The number of rotatable bonds is 5. The zero-order valence-electron chi connectivity index (χ0n) is 12.8. The molecule has 0 amide bonds. The lowest BCUT2D eigenvalue weighted by molar-refractivity contribution is 0.0527. The lowest BCUT2D eigenvalue weighted by Gasteiger charge is -2.16. The number of carbonyl (C=O) groups is 1. The monoisotopic (exact) mass is 322 g/mol. The standard InChI is InChI=1S/C16H19ClN2O3/c1-4-22-16(21)12-8-19-14-10(3)13(17)6-5-11(14)15(12)18-7-9(2)20/h5-6,8-9,20H,4,7H2,1-3H3,(H,18,19)/t9-/m1/s1. The third kappa shape index (κ3) is 3.31. The molecule has 0 unspecified atom stereocenters. The Kier molecular flexibility index (Phi) is 5.21. The fraction of sp³-hybridized carbons (Fsp3) is 0.375. The molecular weight excluding hydrogens is 304 g/mol. The Morgan fingerprint density at radius 2 is 2.23 bits per heavy atom. The molecule has 0 spiro atoms. The van der Waals surface area contributed by atoms with Gasteiger partial charge in [-0.2, -0.15) is 0 Å². The number of aryl methyl sites for hydroxylation is 1. The predicted octanol–water partition coefficient (Wildman–Crippen LogP) is 3.17. The van der Waals surface area contributed by atoms with E-state index in [9.17, 15) is 9.90 Å². The van der Waals surface area contributed by atoms with Crippen molar-refractivity contribution in [1.29, 1.82) is 0 Å². The molecule has 0 saturated heterocycles. The minimum Gasteiger partial charge on any atom is -0.462 e. The maximum absolute atomic E-state index is 12.1. The lowest BCUT2D eigenvalue weighted by Crippen LogP contribution is -2.18. The van der Waals surface area contributed by atoms with Gasteiger partial charge in [0.2, 0.25) is 0 Å². The van der Waals surface area contributed by atoms with Gasteiger partial charge in [-0.25, -0.2) is 4.79 Å². The molecule has 0 bridgehead atoms. The number of nitrogens with one attached hydrogen (secondary N) is 1. The van der Waals surface area contributed by atoms with E-state index in [4.69, 9.17) is 16.3 Å². The largest absolute Gasteiger partial charge is 0.462 e. The summed E-state index contributed by atoms with van der Waals surface area (Å²) in [5.41, 5.74) is 2.50. The van der Waals surface area contributed by atoms with Gasteiger partial charge in [0.25, 0.3) is 0 Å². The Morgan fingerprint density at radius 3 is 2.86 bits per heavy atom. The lowest BCUT2D eigenvalue weighted by atomic mass is 10.1. The van der Waals surface area contributed by atoms with Crippen LogP contribution in [-0.4, -0.2) is 35.3 Å². The molecule has 0 fully saturated rings. The molecule has 0 aliphatic carbocycles. The molecule has 1 atom stereocenters. The highest BCUT2D eigenvalue weighted by Gasteiger charge is 2.18. The van der Waals surface area contributed by atoms with E-state index in [-0.39, 0.29) is 6.61 Å². The molecular formula is C16H19ClN2O3. The molecule has 0 saturated carbocycles. The molecule has 2 aromatic rings. The van der Waals surface area contributed by atoms with E-state index in [1.54, 1.807) is 19.9 Å². The molecule has 0 radical (unpaired) electrons. The molecule has 1 heterocycles. The zero-order valence-corrected chi connectivity index (χ0v) is 13.6. The van der Waals surface area contributed by atoms with Crippen LogP contribution in [0.3, 0.4) is 0 Å². The van der Waals surface area contributed by atoms with E-state index in [1.165, 1.54) is 6.20 Å². The average molecular weight is 323 g/mol. The zero-order chi connectivity index (χ0) is 16.3. The van der Waals surface area contributed by atoms with Gasteiger partial charge >= 0.3 is 5.97 Å². The Labute approximate surface area is 134 Å². The molecule has 0 aliphatic rings. The van der Waals surface area contributed by atoms with Crippen molar-refractivity contribution in [3.8, 4) is 0 Å². The Morgan fingerprint density at radius 1 is 1.50 bits per heavy atom. The SMILES string of the molecule is CCOC(=O)c1cnc2c(C)c(Cl)ccc2c1NC[C@@H](C)O. The van der Waals surface area contributed by atoms with Gasteiger partial charge in [-0.1, -0.05) is 11.6 Å². The molecule has 6 heteroatoms. The number of nitrogens with zero attached hydrogens (tertiary/aromatic N) is 1. The molecule has 2 N–H and O–H groups in total. The number of aromatic nitrogens is 1. The normalized spacial score (nSPS) is 12.2. The van der Waals surface area contributed by atoms with E-state index < -0.39 is 12.1 Å². The maximum atomic E-state index is 12.1. The summed E-state index contributed by atoms with van der Waals surface area (Å²) in [6.45, 7) is 5.89. The number of hydrogen-bond donors (Lipinski definition) is 2. The van der Waals surface area contributed by atoms with Crippen molar-refractivity contribution in [3.05, 3.63) is 34.5 Å². The second-order valence-corrected chi connectivity index (χ2v) is 5.47. The van der Waals surface area contributed by atoms with Gasteiger partial charge in [0.05, 0.1) is 23.9 Å². The summed E-state index contributed by atoms with van der Waals surface area (Å²) in [6.07, 6.45) is 0.931. The Bertz CT molecular complexity index is 701. The van der Waals surface area contributed by atoms with Crippen molar-refractivity contribution in [3.63, 3.8) is 0 Å². The van der Waals surface area contributed by atoms with Gasteiger partial charge in [0.15, 0.2) is 0 Å². The van der Waals surface area contributed by atoms with E-state index in [2.05, 4.69) is 10.3 Å². The van der Waals surface area contributed by atoms with E-state index in [0.717, 1.165) is 10.9 Å². The van der Waals surface area contributed by atoms with Crippen molar-refractivity contribution in [2.45, 2.75) is 26.9 Å². The van der Waals surface area contributed by atoms with Gasteiger partial charge in [0.1, 0.15) is 5.56 Å². The number of carbonyl (C=O) groups excluding carboxylic acids is 1. The van der Waals surface area contributed by atoms with Gasteiger partial charge in [0, 0.05) is 23.2 Å². The highest BCUT2D eigenvalue weighted by molar-refractivity contribution is 6.32. The molecule has 22 heavy (non-hydrogen) atoms. The number of aliphatic hydroxyl groups is 1. The molecule has 0 aliphatic heterocycles. The minimum absolute atomic E-state index is 0.284. The number of ether oxygens (including phenoxy) is 1. The maximum Gasteiger partial charge on any atom is 0.341 e. The van der Waals surface area contributed by atoms with Crippen LogP contribution >= 0.6 is 11.6 Å². The molecule has 1 aromatic heterocycles. The van der Waals surface area contributed by atoms with Crippen LogP contribution in [0, 0.1) is 6.92 Å². The van der Waals surface area contributed by atoms with Crippen molar-refractivity contribution in [2.75, 3.05) is 18.5 Å². The number of anilines is 1. The summed E-state index contributed by atoms with van der Waals surface area (Å²) in [7, 11) is 0. The van der Waals surface area contributed by atoms with E-state index in [1.807, 2.05) is 13.0 Å². The molecule has 118 valence electrons. The number of halogens is 1. The summed E-state index contributed by atoms with van der Waals surface area (Å²) in [5.74, 6) is -0.447. The van der Waals surface area contributed by atoms with Crippen molar-refractivity contribution >= 4 is 34.2 Å². The van der Waals surface area contributed by atoms with Gasteiger partial charge in [-0.05, 0) is 38.5 Å². The quantitative estimate of drug-likeness (QED) is 0.827. The highest BCUT2D eigenvalue weighted by Crippen LogP contribution is 2.31. The van der Waals surface area contributed by atoms with Crippen molar-refractivity contribution < 1.29 is 14.6 Å². The first-order chi connectivity index (χ1) is 10.5. The average Bonchev–Trinajstić information content (AvgIpc) is 2.48. The summed E-state index contributed by atoms with van der Waals surface area (Å²) in [5, 5.41) is 14.0. The summed E-state index contributed by atoms with van der Waals surface area (Å²) in [4.78, 5) is 16.5. The third-order valence-electron chi connectivity index (χ3n) is 3.30. The van der Waals surface area contributed by atoms with Gasteiger partial charge in [-0.3, -0.25) is 4.98 Å². The van der Waals surface area contributed by atoms with Crippen molar-refractivity contribution in [2.24, 2.45) is 0 Å². The Balaban J connectivity index is 2.61. The number of esters is 1. The van der Waals surface area contributed by atoms with Gasteiger partial charge in [-0.15, -0.1) is 0 Å². The fourth-order valence-corrected chi connectivity index (χ4v) is 2.34. The number of aliphatic hydroxyl groups excluding tert-OH is 1. The second-order valence-electron chi connectivity index (χ2n) is 5.07. The summed E-state index contributed by atoms with van der Waals surface area (Å²) < 4.78 is 5.07. The number of benzene rings is 1. The van der Waals surface area contributed by atoms with E-state index >= 15 is 0 Å². The fourth-order valence-electron chi connectivity index (χ4n) is 2.19. The predicted molar refractivity (Wildman–Crippen MR) is 87.6 cm³/mol. The van der Waals surface area contributed by atoms with Crippen LogP contribution in [0.5, 0.6) is 0 Å². The summed E-state index contributed by atoms with van der Waals surface area (Å²) in [6, 6.07) is 3.58.